The van der Waals surface area contributed by atoms with E-state index in [0.717, 1.165) is 0 Å². The molecule has 3 rings (SSSR count). The van der Waals surface area contributed by atoms with Crippen molar-refractivity contribution >= 4 is 60.6 Å². The predicted molar refractivity (Wildman–Crippen MR) is 119 cm³/mol. The topological polar surface area (TPSA) is 114 Å². The predicted octanol–water partition coefficient (Wildman–Crippen LogP) is 4.04. The lowest BCUT2D eigenvalue weighted by Gasteiger charge is -2.36. The summed E-state index contributed by atoms with van der Waals surface area (Å²) >= 11 is 6.67. The molecule has 164 valence electrons. The number of aromatic nitrogens is 2. The number of hydrogen-bond acceptors (Lipinski definition) is 7. The highest BCUT2D eigenvalue weighted by Gasteiger charge is 2.31. The van der Waals surface area contributed by atoms with E-state index < -0.39 is 16.8 Å². The molecular weight excluding hydrogens is 526 g/mol. The molecule has 0 bridgehead atoms. The lowest BCUT2D eigenvalue weighted by Crippen LogP contribution is -2.51. The van der Waals surface area contributed by atoms with Gasteiger partial charge in [-0.25, -0.2) is 9.78 Å². The van der Waals surface area contributed by atoms with E-state index in [9.17, 15) is 20.0 Å². The van der Waals surface area contributed by atoms with Gasteiger partial charge in [0.05, 0.1) is 10.4 Å². The van der Waals surface area contributed by atoms with E-state index in [-0.39, 0.29) is 11.7 Å². The van der Waals surface area contributed by atoms with Gasteiger partial charge in [0.1, 0.15) is 4.47 Å². The monoisotopic (exact) mass is 547 g/mol. The van der Waals surface area contributed by atoms with Crippen LogP contribution in [0.2, 0.25) is 0 Å². The highest BCUT2D eigenvalue weighted by atomic mass is 79.9. The van der Waals surface area contributed by atoms with Gasteiger partial charge in [-0.05, 0) is 51.8 Å². The summed E-state index contributed by atoms with van der Waals surface area (Å²) in [6.45, 7) is 8.50. The number of anilines is 1. The van der Waals surface area contributed by atoms with Crippen LogP contribution in [0.5, 0.6) is 0 Å². The normalized spacial score (nSPS) is 15.2. The molecule has 0 spiro atoms. The Labute approximate surface area is 190 Å². The molecule has 1 N–H and O–H groups in total. The molecule has 1 aliphatic heterocycles. The Bertz CT molecular complexity index is 993. The molecule has 2 aromatic rings. The number of nitrogens with zero attached hydrogens (tertiary/aromatic N) is 5. The Hall–Kier alpha value is -1.92. The maximum absolute atomic E-state index is 12.2. The van der Waals surface area contributed by atoms with Crippen molar-refractivity contribution in [3.63, 3.8) is 0 Å². The van der Waals surface area contributed by atoms with E-state index in [1.54, 1.807) is 0 Å². The Morgan fingerprint density at radius 3 is 2.40 bits per heavy atom. The van der Waals surface area contributed by atoms with Gasteiger partial charge in [-0.2, -0.15) is 0 Å². The minimum Gasteiger partial charge on any atom is -0.418 e. The number of carbonyl (C=O) groups excluding carboxylic acids is 1. The zero-order chi connectivity index (χ0) is 22.4. The van der Waals surface area contributed by atoms with Crippen LogP contribution in [0.3, 0.4) is 0 Å². The largest absolute Gasteiger partial charge is 0.418 e. The van der Waals surface area contributed by atoms with Gasteiger partial charge in [0.25, 0.3) is 0 Å². The number of imidazole rings is 1. The van der Waals surface area contributed by atoms with Crippen molar-refractivity contribution in [2.45, 2.75) is 39.5 Å². The number of aliphatic hydroxyl groups is 1. The SMILES string of the molecule is CC(C)n1c(N2CCN(C(=O)OC(C)(C)O)CC2)nc2c([N+](=O)[O-])c(Br)c(Br)cc21. The van der Waals surface area contributed by atoms with Crippen molar-refractivity contribution in [1.82, 2.24) is 14.5 Å². The van der Waals surface area contributed by atoms with Crippen LogP contribution in [0.4, 0.5) is 16.4 Å². The number of hydrogen-bond donors (Lipinski definition) is 1. The first kappa shape index (κ1) is 22.8. The van der Waals surface area contributed by atoms with Crippen molar-refractivity contribution < 1.29 is 19.6 Å². The van der Waals surface area contributed by atoms with Gasteiger partial charge >= 0.3 is 11.8 Å². The summed E-state index contributed by atoms with van der Waals surface area (Å²) < 4.78 is 7.90. The standard InChI is InChI=1S/C18H23Br2N5O5/c1-10(2)24-12-9-11(19)13(20)15(25(28)29)14(12)21-16(24)22-5-7-23(8-6-22)17(26)30-18(3,4)27/h9-10,27H,5-8H2,1-4H3. The molecule has 12 heteroatoms. The summed E-state index contributed by atoms with van der Waals surface area (Å²) in [6, 6.07) is 1.83. The molecule has 1 aromatic heterocycles. The van der Waals surface area contributed by atoms with E-state index >= 15 is 0 Å². The fraction of sp³-hybridized carbons (Fsp3) is 0.556. The van der Waals surface area contributed by atoms with Crippen molar-refractivity contribution in [3.8, 4) is 0 Å². The molecule has 1 amide bonds. The van der Waals surface area contributed by atoms with Crippen molar-refractivity contribution in [1.29, 1.82) is 0 Å². The van der Waals surface area contributed by atoms with Gasteiger partial charge in [0.15, 0.2) is 5.52 Å². The lowest BCUT2D eigenvalue weighted by atomic mass is 10.2. The van der Waals surface area contributed by atoms with Crippen LogP contribution in [0.1, 0.15) is 33.7 Å². The second-order valence-corrected chi connectivity index (χ2v) is 9.46. The summed E-state index contributed by atoms with van der Waals surface area (Å²) in [6.07, 6.45) is -0.581. The summed E-state index contributed by atoms with van der Waals surface area (Å²) in [5.74, 6) is -0.928. The van der Waals surface area contributed by atoms with E-state index in [2.05, 4.69) is 36.8 Å². The van der Waals surface area contributed by atoms with Crippen molar-refractivity contribution in [3.05, 3.63) is 25.1 Å². The third-order valence-electron chi connectivity index (χ3n) is 4.69. The fourth-order valence-electron chi connectivity index (χ4n) is 3.41. The molecule has 1 fully saturated rings. The maximum Gasteiger partial charge on any atom is 0.412 e. The van der Waals surface area contributed by atoms with Gasteiger partial charge in [0.2, 0.25) is 11.7 Å². The molecule has 0 aliphatic carbocycles. The Morgan fingerprint density at radius 2 is 1.90 bits per heavy atom. The summed E-state index contributed by atoms with van der Waals surface area (Å²) in [4.78, 5) is 31.6. The van der Waals surface area contributed by atoms with Gasteiger partial charge < -0.3 is 24.2 Å². The fourth-order valence-corrected chi connectivity index (χ4v) is 4.26. The van der Waals surface area contributed by atoms with Crippen molar-refractivity contribution in [2.75, 3.05) is 31.1 Å². The molecular formula is C18H23Br2N5O5. The van der Waals surface area contributed by atoms with Crippen LogP contribution in [0, 0.1) is 10.1 Å². The number of amides is 1. The van der Waals surface area contributed by atoms with Gasteiger partial charge in [-0.15, -0.1) is 0 Å². The second kappa shape index (κ2) is 8.31. The number of ether oxygens (including phenoxy) is 1. The number of nitro benzene ring substituents is 1. The minimum atomic E-state index is -1.54. The molecule has 1 aliphatic rings. The van der Waals surface area contributed by atoms with Crippen LogP contribution in [-0.2, 0) is 4.74 Å². The number of benzene rings is 1. The number of piperazine rings is 1. The van der Waals surface area contributed by atoms with Crippen molar-refractivity contribution in [2.24, 2.45) is 0 Å². The molecule has 1 aromatic carbocycles. The quantitative estimate of drug-likeness (QED) is 0.348. The maximum atomic E-state index is 12.2. The van der Waals surface area contributed by atoms with Crippen LogP contribution in [0.25, 0.3) is 11.0 Å². The number of fused-ring (bicyclic) bond motifs is 1. The number of carbonyl (C=O) groups is 1. The van der Waals surface area contributed by atoms with Gasteiger partial charge in [0, 0.05) is 50.5 Å². The van der Waals surface area contributed by atoms with E-state index in [4.69, 9.17) is 4.74 Å². The van der Waals surface area contributed by atoms with Crippen LogP contribution in [0.15, 0.2) is 15.0 Å². The van der Waals surface area contributed by atoms with E-state index in [1.165, 1.54) is 18.7 Å². The molecule has 0 unspecified atom stereocenters. The average Bonchev–Trinajstić information content (AvgIpc) is 2.99. The molecule has 30 heavy (non-hydrogen) atoms. The molecule has 0 radical (unpaired) electrons. The summed E-state index contributed by atoms with van der Waals surface area (Å²) in [5.41, 5.74) is 0.876. The minimum absolute atomic E-state index is 0.0101. The third kappa shape index (κ3) is 4.40. The Balaban J connectivity index is 1.95. The number of nitro groups is 1. The highest BCUT2D eigenvalue weighted by molar-refractivity contribution is 9.13. The zero-order valence-corrected chi connectivity index (χ0v) is 20.2. The molecule has 2 heterocycles. The number of halogens is 2. The molecule has 10 nitrogen and oxygen atoms in total. The van der Waals surface area contributed by atoms with Crippen LogP contribution >= 0.6 is 31.9 Å². The highest BCUT2D eigenvalue weighted by Crippen LogP contribution is 2.41. The summed E-state index contributed by atoms with van der Waals surface area (Å²) in [7, 11) is 0. The Morgan fingerprint density at radius 1 is 1.30 bits per heavy atom. The van der Waals surface area contributed by atoms with Crippen LogP contribution < -0.4 is 4.90 Å². The van der Waals surface area contributed by atoms with E-state index in [0.29, 0.717) is 52.1 Å². The second-order valence-electron chi connectivity index (χ2n) is 7.81. The van der Waals surface area contributed by atoms with Crippen LogP contribution in [-0.4, -0.2) is 62.5 Å². The molecule has 0 atom stereocenters. The molecule has 0 saturated carbocycles. The van der Waals surface area contributed by atoms with E-state index in [1.807, 2.05) is 29.4 Å². The van der Waals surface area contributed by atoms with Gasteiger partial charge in [-0.1, -0.05) is 0 Å². The average molecular weight is 549 g/mol. The first-order valence-corrected chi connectivity index (χ1v) is 11.0. The molecule has 1 saturated heterocycles. The summed E-state index contributed by atoms with van der Waals surface area (Å²) in [5, 5.41) is 21.4. The lowest BCUT2D eigenvalue weighted by molar-refractivity contribution is -0.384. The Kier molecular flexibility index (Phi) is 6.30. The number of rotatable bonds is 4. The smallest absolute Gasteiger partial charge is 0.412 e. The third-order valence-corrected chi connectivity index (χ3v) is 6.65. The first-order chi connectivity index (χ1) is 13.9. The zero-order valence-electron chi connectivity index (χ0n) is 17.1. The first-order valence-electron chi connectivity index (χ1n) is 9.40. The van der Waals surface area contributed by atoms with Gasteiger partial charge in [-0.3, -0.25) is 10.1 Å².